The number of carboxylic acids is 1. The maximum atomic E-state index is 11.8. The van der Waals surface area contributed by atoms with Crippen LogP contribution in [-0.4, -0.2) is 29.6 Å². The highest BCUT2D eigenvalue weighted by molar-refractivity contribution is 5.75. The fraction of sp³-hybridized carbons (Fsp3) is 0.688. The average molecular weight is 279 g/mol. The van der Waals surface area contributed by atoms with E-state index in [4.69, 9.17) is 4.42 Å². The van der Waals surface area contributed by atoms with Gasteiger partial charge in [-0.3, -0.25) is 4.79 Å². The summed E-state index contributed by atoms with van der Waals surface area (Å²) in [5.41, 5.74) is 0.557. The Balaban J connectivity index is 2.04. The highest BCUT2D eigenvalue weighted by atomic mass is 16.4. The molecule has 0 spiro atoms. The minimum Gasteiger partial charge on any atom is -0.481 e. The summed E-state index contributed by atoms with van der Waals surface area (Å²) in [6.07, 6.45) is 5.44. The van der Waals surface area contributed by atoms with E-state index in [-0.39, 0.29) is 0 Å². The lowest BCUT2D eigenvalue weighted by Gasteiger charge is -2.39. The molecule has 1 fully saturated rings. The van der Waals surface area contributed by atoms with Crippen molar-refractivity contribution in [3.05, 3.63) is 23.7 Å². The van der Waals surface area contributed by atoms with Crippen molar-refractivity contribution in [1.29, 1.82) is 0 Å². The van der Waals surface area contributed by atoms with Crippen molar-refractivity contribution in [2.45, 2.75) is 46.1 Å². The lowest BCUT2D eigenvalue weighted by Crippen LogP contribution is -2.44. The number of aryl methyl sites for hydroxylation is 1. The zero-order chi connectivity index (χ0) is 14.8. The monoisotopic (exact) mass is 279 g/mol. The molecule has 0 bridgehead atoms. The summed E-state index contributed by atoms with van der Waals surface area (Å²) in [7, 11) is 2.00. The van der Waals surface area contributed by atoms with E-state index in [1.54, 1.807) is 6.26 Å². The molecule has 1 aliphatic carbocycles. The van der Waals surface area contributed by atoms with E-state index in [0.717, 1.165) is 43.6 Å². The van der Waals surface area contributed by atoms with E-state index in [2.05, 4.69) is 11.8 Å². The van der Waals surface area contributed by atoms with Crippen LogP contribution in [0.5, 0.6) is 0 Å². The maximum absolute atomic E-state index is 11.8. The van der Waals surface area contributed by atoms with E-state index in [9.17, 15) is 9.90 Å². The Kier molecular flexibility index (Phi) is 4.53. The molecule has 1 aliphatic rings. The molecule has 2 unspecified atom stereocenters. The first kappa shape index (κ1) is 15.1. The largest absolute Gasteiger partial charge is 0.481 e. The number of carbonyl (C=O) groups is 1. The predicted octanol–water partition coefficient (Wildman–Crippen LogP) is 3.30. The smallest absolute Gasteiger partial charge is 0.310 e. The van der Waals surface area contributed by atoms with Gasteiger partial charge in [0.15, 0.2) is 0 Å². The molecule has 20 heavy (non-hydrogen) atoms. The molecule has 1 N–H and O–H groups in total. The molecule has 1 aromatic heterocycles. The minimum absolute atomic E-state index is 0.504. The fourth-order valence-corrected chi connectivity index (χ4v) is 3.50. The standard InChI is InChI=1S/C16H25NO3/c1-12-5-4-7-16(9-12,15(18)19)11-17(3)10-14-6-8-20-13(14)2/h6,8,12H,4-5,7,9-11H2,1-3H3,(H,18,19). The Morgan fingerprint density at radius 3 is 2.90 bits per heavy atom. The molecule has 1 aromatic rings. The molecule has 1 saturated carbocycles. The van der Waals surface area contributed by atoms with Gasteiger partial charge in [-0.2, -0.15) is 0 Å². The molecule has 2 rings (SSSR count). The summed E-state index contributed by atoms with van der Waals surface area (Å²) in [5.74, 6) is 0.780. The molecule has 0 aromatic carbocycles. The van der Waals surface area contributed by atoms with Gasteiger partial charge in [-0.1, -0.05) is 19.8 Å². The van der Waals surface area contributed by atoms with Crippen molar-refractivity contribution in [2.75, 3.05) is 13.6 Å². The van der Waals surface area contributed by atoms with Crippen LogP contribution in [0.15, 0.2) is 16.7 Å². The fourth-order valence-electron chi connectivity index (χ4n) is 3.50. The zero-order valence-corrected chi connectivity index (χ0v) is 12.7. The van der Waals surface area contributed by atoms with Crippen molar-refractivity contribution in [2.24, 2.45) is 11.3 Å². The highest BCUT2D eigenvalue weighted by Gasteiger charge is 2.42. The third-order valence-electron chi connectivity index (χ3n) is 4.52. The molecule has 112 valence electrons. The van der Waals surface area contributed by atoms with Crippen LogP contribution in [0.3, 0.4) is 0 Å². The summed E-state index contributed by atoms with van der Waals surface area (Å²) in [4.78, 5) is 13.9. The molecule has 4 heteroatoms. The average Bonchev–Trinajstić information content (AvgIpc) is 2.74. The van der Waals surface area contributed by atoms with Crippen molar-refractivity contribution in [1.82, 2.24) is 4.90 Å². The summed E-state index contributed by atoms with van der Waals surface area (Å²) in [5, 5.41) is 9.69. The van der Waals surface area contributed by atoms with E-state index < -0.39 is 11.4 Å². The van der Waals surface area contributed by atoms with Crippen LogP contribution in [0.25, 0.3) is 0 Å². The zero-order valence-electron chi connectivity index (χ0n) is 12.7. The normalized spacial score (nSPS) is 26.9. The van der Waals surface area contributed by atoms with E-state index >= 15 is 0 Å². The number of hydrogen-bond donors (Lipinski definition) is 1. The van der Waals surface area contributed by atoms with Crippen LogP contribution < -0.4 is 0 Å². The predicted molar refractivity (Wildman–Crippen MR) is 77.5 cm³/mol. The van der Waals surface area contributed by atoms with Gasteiger partial charge < -0.3 is 14.4 Å². The molecule has 0 aliphatic heterocycles. The molecular weight excluding hydrogens is 254 g/mol. The second-order valence-electron chi connectivity index (χ2n) is 6.46. The van der Waals surface area contributed by atoms with Crippen molar-refractivity contribution < 1.29 is 14.3 Å². The Morgan fingerprint density at radius 2 is 2.35 bits per heavy atom. The number of nitrogens with zero attached hydrogens (tertiary/aromatic N) is 1. The van der Waals surface area contributed by atoms with E-state index in [0.29, 0.717) is 12.5 Å². The van der Waals surface area contributed by atoms with Gasteiger partial charge in [0.1, 0.15) is 5.76 Å². The first-order valence-corrected chi connectivity index (χ1v) is 7.38. The summed E-state index contributed by atoms with van der Waals surface area (Å²) >= 11 is 0. The number of aliphatic carboxylic acids is 1. The summed E-state index contributed by atoms with van der Waals surface area (Å²) in [6, 6.07) is 1.96. The molecule has 1 heterocycles. The van der Waals surface area contributed by atoms with Crippen LogP contribution in [0, 0.1) is 18.3 Å². The third kappa shape index (κ3) is 3.23. The van der Waals surface area contributed by atoms with Gasteiger partial charge in [0, 0.05) is 18.7 Å². The number of furan rings is 1. The van der Waals surface area contributed by atoms with Crippen LogP contribution in [-0.2, 0) is 11.3 Å². The molecule has 0 radical (unpaired) electrons. The van der Waals surface area contributed by atoms with E-state index in [1.165, 1.54) is 0 Å². The van der Waals surface area contributed by atoms with Gasteiger partial charge in [0.25, 0.3) is 0 Å². The lowest BCUT2D eigenvalue weighted by molar-refractivity contribution is -0.153. The maximum Gasteiger partial charge on any atom is 0.310 e. The van der Waals surface area contributed by atoms with Crippen molar-refractivity contribution in [3.8, 4) is 0 Å². The quantitative estimate of drug-likeness (QED) is 0.898. The number of hydrogen-bond acceptors (Lipinski definition) is 3. The van der Waals surface area contributed by atoms with Crippen LogP contribution in [0.4, 0.5) is 0 Å². The molecule has 0 saturated heterocycles. The van der Waals surface area contributed by atoms with Crippen molar-refractivity contribution in [3.63, 3.8) is 0 Å². The van der Waals surface area contributed by atoms with Crippen LogP contribution in [0.1, 0.15) is 43.9 Å². The first-order chi connectivity index (χ1) is 9.43. The number of rotatable bonds is 5. The van der Waals surface area contributed by atoms with Gasteiger partial charge in [0.05, 0.1) is 11.7 Å². The molecule has 4 nitrogen and oxygen atoms in total. The topological polar surface area (TPSA) is 53.7 Å². The highest BCUT2D eigenvalue weighted by Crippen LogP contribution is 2.40. The first-order valence-electron chi connectivity index (χ1n) is 7.38. The van der Waals surface area contributed by atoms with Gasteiger partial charge in [-0.15, -0.1) is 0 Å². The third-order valence-corrected chi connectivity index (χ3v) is 4.52. The van der Waals surface area contributed by atoms with Gasteiger partial charge in [-0.25, -0.2) is 0 Å². The van der Waals surface area contributed by atoms with E-state index in [1.807, 2.05) is 20.0 Å². The molecular formula is C16H25NO3. The van der Waals surface area contributed by atoms with Crippen LogP contribution >= 0.6 is 0 Å². The van der Waals surface area contributed by atoms with Gasteiger partial charge in [-0.05, 0) is 38.8 Å². The Labute approximate surface area is 120 Å². The van der Waals surface area contributed by atoms with Gasteiger partial charge in [0.2, 0.25) is 0 Å². The Hall–Kier alpha value is -1.29. The minimum atomic E-state index is -0.639. The molecule has 2 atom stereocenters. The van der Waals surface area contributed by atoms with Gasteiger partial charge >= 0.3 is 5.97 Å². The summed E-state index contributed by atoms with van der Waals surface area (Å²) < 4.78 is 5.30. The second kappa shape index (κ2) is 6.00. The number of carboxylic acid groups (broad SMARTS) is 1. The SMILES string of the molecule is Cc1occc1CN(C)CC1(C(=O)O)CCCC(C)C1. The van der Waals surface area contributed by atoms with Crippen molar-refractivity contribution >= 4 is 5.97 Å². The van der Waals surface area contributed by atoms with Crippen LogP contribution in [0.2, 0.25) is 0 Å². The lowest BCUT2D eigenvalue weighted by atomic mass is 9.69. The molecule has 0 amide bonds. The Bertz CT molecular complexity index is 468. The Morgan fingerprint density at radius 1 is 1.60 bits per heavy atom. The second-order valence-corrected chi connectivity index (χ2v) is 6.46. The summed E-state index contributed by atoms with van der Waals surface area (Å²) in [6.45, 7) is 5.46.